The van der Waals surface area contributed by atoms with Crippen molar-refractivity contribution in [3.05, 3.63) is 63.7 Å². The van der Waals surface area contributed by atoms with Gasteiger partial charge in [0.25, 0.3) is 0 Å². The van der Waals surface area contributed by atoms with Crippen molar-refractivity contribution >= 4 is 5.97 Å². The molecule has 3 aliphatic rings. The van der Waals surface area contributed by atoms with Crippen molar-refractivity contribution < 1.29 is 9.53 Å². The lowest BCUT2D eigenvalue weighted by molar-refractivity contribution is -0.134. The van der Waals surface area contributed by atoms with E-state index in [0.29, 0.717) is 34.9 Å². The number of benzene rings is 2. The molecule has 5 nitrogen and oxygen atoms in total. The number of carbonyl (C=O) groups is 1. The number of rotatable bonds is 8. The van der Waals surface area contributed by atoms with E-state index in [1.165, 1.54) is 32.1 Å². The number of esters is 1. The van der Waals surface area contributed by atoms with Crippen LogP contribution in [0.3, 0.4) is 0 Å². The Kier molecular flexibility index (Phi) is 7.47. The van der Waals surface area contributed by atoms with Gasteiger partial charge in [0.15, 0.2) is 0 Å². The SMILES string of the molecule is CCCC12CCC(c3ccc(CCc4ccc(OC(=O)CC)c(C#N)c4)c(C#N)c3C#N)(CC1)CC2. The number of hydrogen-bond donors (Lipinski definition) is 0. The molecule has 2 bridgehead atoms. The fourth-order valence-corrected chi connectivity index (χ4v) is 6.50. The number of nitriles is 3. The van der Waals surface area contributed by atoms with Crippen LogP contribution in [0, 0.1) is 39.4 Å². The van der Waals surface area contributed by atoms with E-state index in [1.807, 2.05) is 12.1 Å². The molecule has 0 saturated heterocycles. The summed E-state index contributed by atoms with van der Waals surface area (Å²) >= 11 is 0. The van der Waals surface area contributed by atoms with Crippen LogP contribution in [0.15, 0.2) is 30.3 Å². The molecule has 0 unspecified atom stereocenters. The molecule has 3 aliphatic carbocycles. The third-order valence-corrected chi connectivity index (χ3v) is 8.63. The fraction of sp³-hybridized carbons (Fsp3) is 0.484. The Morgan fingerprint density at radius 2 is 1.58 bits per heavy atom. The van der Waals surface area contributed by atoms with E-state index >= 15 is 0 Å². The molecule has 0 atom stereocenters. The summed E-state index contributed by atoms with van der Waals surface area (Å²) in [6, 6.07) is 16.2. The first-order chi connectivity index (χ1) is 17.4. The van der Waals surface area contributed by atoms with E-state index in [1.54, 1.807) is 19.1 Å². The van der Waals surface area contributed by atoms with Crippen LogP contribution in [-0.2, 0) is 23.1 Å². The average Bonchev–Trinajstić information content (AvgIpc) is 2.92. The molecular formula is C31H33N3O2. The van der Waals surface area contributed by atoms with Crippen LogP contribution in [0.1, 0.15) is 105 Å². The van der Waals surface area contributed by atoms with E-state index < -0.39 is 0 Å². The van der Waals surface area contributed by atoms with Crippen LogP contribution in [0.2, 0.25) is 0 Å². The van der Waals surface area contributed by atoms with Crippen molar-refractivity contribution in [1.82, 2.24) is 0 Å². The van der Waals surface area contributed by atoms with Gasteiger partial charge in [-0.05, 0) is 97.4 Å². The van der Waals surface area contributed by atoms with Gasteiger partial charge < -0.3 is 4.74 Å². The van der Waals surface area contributed by atoms with Gasteiger partial charge in [-0.25, -0.2) is 0 Å². The van der Waals surface area contributed by atoms with Crippen LogP contribution < -0.4 is 4.74 Å². The second-order valence-corrected chi connectivity index (χ2v) is 10.5. The summed E-state index contributed by atoms with van der Waals surface area (Å²) in [6.07, 6.45) is 11.0. The first kappa shape index (κ1) is 25.5. The Balaban J connectivity index is 1.56. The van der Waals surface area contributed by atoms with Crippen LogP contribution in [-0.4, -0.2) is 5.97 Å². The van der Waals surface area contributed by atoms with Crippen molar-refractivity contribution in [2.45, 2.75) is 89.9 Å². The van der Waals surface area contributed by atoms with E-state index in [4.69, 9.17) is 4.74 Å². The van der Waals surface area contributed by atoms with Gasteiger partial charge in [0.05, 0.1) is 16.7 Å². The van der Waals surface area contributed by atoms with Gasteiger partial charge in [-0.15, -0.1) is 0 Å². The average molecular weight is 480 g/mol. The molecule has 3 saturated carbocycles. The third kappa shape index (κ3) is 4.74. The summed E-state index contributed by atoms with van der Waals surface area (Å²) in [4.78, 5) is 11.6. The molecule has 0 radical (unpaired) electrons. The minimum absolute atomic E-state index is 0.0259. The van der Waals surface area contributed by atoms with Gasteiger partial charge >= 0.3 is 5.97 Å². The molecule has 2 aromatic rings. The van der Waals surface area contributed by atoms with Gasteiger partial charge in [0.2, 0.25) is 0 Å². The van der Waals surface area contributed by atoms with Gasteiger partial charge in [-0.1, -0.05) is 38.5 Å². The predicted octanol–water partition coefficient (Wildman–Crippen LogP) is 6.79. The lowest BCUT2D eigenvalue weighted by Gasteiger charge is -2.54. The summed E-state index contributed by atoms with van der Waals surface area (Å²) in [5.41, 5.74) is 4.74. The second-order valence-electron chi connectivity index (χ2n) is 10.5. The Hall–Kier alpha value is -3.62. The normalized spacial score (nSPS) is 22.3. The number of hydrogen-bond acceptors (Lipinski definition) is 5. The smallest absolute Gasteiger partial charge is 0.310 e. The molecule has 0 aromatic heterocycles. The molecule has 0 amide bonds. The van der Waals surface area contributed by atoms with Crippen molar-refractivity contribution in [3.8, 4) is 24.0 Å². The zero-order valence-electron chi connectivity index (χ0n) is 21.3. The summed E-state index contributed by atoms with van der Waals surface area (Å²) in [5, 5.41) is 29.7. The Labute approximate surface area is 214 Å². The molecule has 184 valence electrons. The highest BCUT2D eigenvalue weighted by Gasteiger charge is 2.49. The molecule has 0 N–H and O–H groups in total. The zero-order valence-corrected chi connectivity index (χ0v) is 21.3. The molecule has 5 rings (SSSR count). The highest BCUT2D eigenvalue weighted by Crippen LogP contribution is 2.60. The zero-order chi connectivity index (χ0) is 25.8. The lowest BCUT2D eigenvalue weighted by Crippen LogP contribution is -2.44. The van der Waals surface area contributed by atoms with Gasteiger partial charge in [-0.2, -0.15) is 15.8 Å². The number of ether oxygens (including phenoxy) is 1. The first-order valence-electron chi connectivity index (χ1n) is 13.1. The Morgan fingerprint density at radius 1 is 0.889 bits per heavy atom. The molecule has 3 fully saturated rings. The molecule has 2 aromatic carbocycles. The van der Waals surface area contributed by atoms with Crippen LogP contribution in [0.5, 0.6) is 5.75 Å². The summed E-state index contributed by atoms with van der Waals surface area (Å²) in [6.45, 7) is 3.98. The molecule has 0 heterocycles. The maximum Gasteiger partial charge on any atom is 0.310 e. The van der Waals surface area contributed by atoms with E-state index in [-0.39, 0.29) is 23.6 Å². The van der Waals surface area contributed by atoms with Gasteiger partial charge in [0.1, 0.15) is 24.0 Å². The minimum atomic E-state index is -0.381. The molecule has 5 heteroatoms. The predicted molar refractivity (Wildman–Crippen MR) is 137 cm³/mol. The van der Waals surface area contributed by atoms with Crippen molar-refractivity contribution in [3.63, 3.8) is 0 Å². The largest absolute Gasteiger partial charge is 0.425 e. The Bertz CT molecular complexity index is 1260. The van der Waals surface area contributed by atoms with E-state index in [2.05, 4.69) is 31.2 Å². The first-order valence-corrected chi connectivity index (χ1v) is 13.1. The highest BCUT2D eigenvalue weighted by atomic mass is 16.5. The van der Waals surface area contributed by atoms with Crippen molar-refractivity contribution in [1.29, 1.82) is 15.8 Å². The number of aryl methyl sites for hydroxylation is 2. The van der Waals surface area contributed by atoms with Crippen molar-refractivity contribution in [2.24, 2.45) is 5.41 Å². The van der Waals surface area contributed by atoms with Crippen molar-refractivity contribution in [2.75, 3.05) is 0 Å². The number of carbonyl (C=O) groups excluding carboxylic acids is 1. The fourth-order valence-electron chi connectivity index (χ4n) is 6.50. The lowest BCUT2D eigenvalue weighted by atomic mass is 9.50. The maximum absolute atomic E-state index is 11.6. The van der Waals surface area contributed by atoms with Gasteiger partial charge in [-0.3, -0.25) is 4.79 Å². The van der Waals surface area contributed by atoms with Crippen LogP contribution >= 0.6 is 0 Å². The highest BCUT2D eigenvalue weighted by molar-refractivity contribution is 5.73. The number of nitrogens with zero attached hydrogens (tertiary/aromatic N) is 3. The second kappa shape index (κ2) is 10.6. The third-order valence-electron chi connectivity index (χ3n) is 8.63. The minimum Gasteiger partial charge on any atom is -0.425 e. The van der Waals surface area contributed by atoms with E-state index in [0.717, 1.165) is 36.0 Å². The summed E-state index contributed by atoms with van der Waals surface area (Å²) < 4.78 is 5.24. The van der Waals surface area contributed by atoms with Crippen LogP contribution in [0.25, 0.3) is 0 Å². The number of fused-ring (bicyclic) bond motifs is 3. The molecule has 0 aliphatic heterocycles. The monoisotopic (exact) mass is 479 g/mol. The summed E-state index contributed by atoms with van der Waals surface area (Å²) in [5.74, 6) is -0.113. The Morgan fingerprint density at radius 3 is 2.17 bits per heavy atom. The molecule has 36 heavy (non-hydrogen) atoms. The van der Waals surface area contributed by atoms with Crippen LogP contribution in [0.4, 0.5) is 0 Å². The maximum atomic E-state index is 11.6. The topological polar surface area (TPSA) is 97.7 Å². The van der Waals surface area contributed by atoms with E-state index in [9.17, 15) is 20.6 Å². The molecular weight excluding hydrogens is 446 g/mol. The van der Waals surface area contributed by atoms with Gasteiger partial charge in [0, 0.05) is 6.42 Å². The summed E-state index contributed by atoms with van der Waals surface area (Å²) in [7, 11) is 0. The quantitative estimate of drug-likeness (QED) is 0.306. The standard InChI is InChI=1S/C31H33N3O2/c1-3-11-30-12-15-31(16-13-30,17-14-30)27-9-8-23(25(20-33)26(27)21-34)7-5-22-6-10-28(24(18-22)19-32)36-29(35)4-2/h6,8-10,18H,3-5,7,11-17H2,1-2H3. The molecule has 0 spiro atoms.